The minimum Gasteiger partial charge on any atom is -0.451 e. The summed E-state index contributed by atoms with van der Waals surface area (Å²) in [5.74, 6) is -0.994. The third-order valence-corrected chi connectivity index (χ3v) is 9.52. The average Bonchev–Trinajstić information content (AvgIpc) is 3.80. The highest BCUT2D eigenvalue weighted by Crippen LogP contribution is 2.38. The SMILES string of the molecule is CCC(=O)N[C@H]1C[C@@H](n2cnc3c(NC4CCN(c5ccccn5)CC4)nc(N4CC[C@@H](N(C)C)C4)nc32)[C@H](OC(=O)C(F)(F)F)C1O. The smallest absolute Gasteiger partial charge is 0.451 e. The molecular weight excluding hydrogens is 633 g/mol. The zero-order valence-corrected chi connectivity index (χ0v) is 27.1. The minimum absolute atomic E-state index is 0.0192. The first-order valence-electron chi connectivity index (χ1n) is 16.3. The van der Waals surface area contributed by atoms with Crippen molar-refractivity contribution in [2.75, 3.05) is 55.4 Å². The second-order valence-corrected chi connectivity index (χ2v) is 12.8. The maximum absolute atomic E-state index is 13.3. The summed E-state index contributed by atoms with van der Waals surface area (Å²) in [6.07, 6.45) is -2.74. The van der Waals surface area contributed by atoms with Gasteiger partial charge in [-0.3, -0.25) is 4.79 Å². The molecule has 0 radical (unpaired) electrons. The first-order valence-corrected chi connectivity index (χ1v) is 16.3. The zero-order valence-electron chi connectivity index (χ0n) is 27.1. The Morgan fingerprint density at radius 1 is 1.08 bits per heavy atom. The molecule has 0 spiro atoms. The van der Waals surface area contributed by atoms with Gasteiger partial charge in [-0.15, -0.1) is 0 Å². The summed E-state index contributed by atoms with van der Waals surface area (Å²) in [6.45, 7) is 4.54. The van der Waals surface area contributed by atoms with Gasteiger partial charge in [0, 0.05) is 50.9 Å². The van der Waals surface area contributed by atoms with Crippen molar-refractivity contribution < 1.29 is 32.6 Å². The molecule has 5 heterocycles. The maximum atomic E-state index is 13.3. The lowest BCUT2D eigenvalue weighted by Gasteiger charge is -2.33. The molecule has 1 saturated carbocycles. The molecular formula is C31H41F3N10O4. The van der Waals surface area contributed by atoms with Gasteiger partial charge in [0.05, 0.1) is 18.4 Å². The Morgan fingerprint density at radius 3 is 2.48 bits per heavy atom. The van der Waals surface area contributed by atoms with Gasteiger partial charge in [-0.2, -0.15) is 23.1 Å². The molecule has 3 fully saturated rings. The van der Waals surface area contributed by atoms with Gasteiger partial charge in [-0.05, 0) is 51.9 Å². The number of esters is 1. The molecule has 14 nitrogen and oxygen atoms in total. The third kappa shape index (κ3) is 6.97. The molecule has 3 aromatic heterocycles. The summed E-state index contributed by atoms with van der Waals surface area (Å²) in [4.78, 5) is 49.5. The molecule has 17 heteroatoms. The van der Waals surface area contributed by atoms with Crippen molar-refractivity contribution >= 4 is 40.6 Å². The van der Waals surface area contributed by atoms with Crippen molar-refractivity contribution in [2.45, 2.75) is 81.6 Å². The van der Waals surface area contributed by atoms with Gasteiger partial charge >= 0.3 is 12.1 Å². The number of carbonyl (C=O) groups excluding carboxylic acids is 2. The predicted molar refractivity (Wildman–Crippen MR) is 171 cm³/mol. The van der Waals surface area contributed by atoms with E-state index < -0.39 is 42.3 Å². The lowest BCUT2D eigenvalue weighted by atomic mass is 10.0. The molecule has 3 N–H and O–H groups in total. The average molecular weight is 675 g/mol. The standard InChI is InChI=1S/C31H41F3N10O4/c1-4-23(45)38-20-15-21(26(25(20)46)48-29(47)31(32,33)34)44-17-36-24-27(37-18-8-12-42(13-9-18)22-7-5-6-11-35-22)39-30(40-28(24)44)43-14-10-19(16-43)41(2)3/h5-7,11,17-21,25-26,46H,4,8-10,12-16H2,1-3H3,(H,38,45)(H,37,39,40)/t19-,20+,21-,25?,26+/m1/s1. The van der Waals surface area contributed by atoms with Crippen LogP contribution in [0, 0.1) is 0 Å². The lowest BCUT2D eigenvalue weighted by Crippen LogP contribution is -2.45. The Hall–Kier alpha value is -4.25. The summed E-state index contributed by atoms with van der Waals surface area (Å²) >= 11 is 0. The molecule has 5 atom stereocenters. The number of pyridine rings is 1. The number of anilines is 3. The quantitative estimate of drug-likeness (QED) is 0.285. The number of imidazole rings is 1. The van der Waals surface area contributed by atoms with Crippen LogP contribution in [0.5, 0.6) is 0 Å². The van der Waals surface area contributed by atoms with E-state index in [-0.39, 0.29) is 24.9 Å². The number of amides is 1. The lowest BCUT2D eigenvalue weighted by molar-refractivity contribution is -0.209. The van der Waals surface area contributed by atoms with Crippen LogP contribution in [-0.4, -0.2) is 123 Å². The molecule has 3 aliphatic rings. The topological polar surface area (TPSA) is 154 Å². The number of aliphatic hydroxyl groups is 1. The number of fused-ring (bicyclic) bond motifs is 1. The summed E-state index contributed by atoms with van der Waals surface area (Å²) in [5.41, 5.74) is 0.708. The molecule has 0 aromatic carbocycles. The molecule has 260 valence electrons. The summed E-state index contributed by atoms with van der Waals surface area (Å²) in [6, 6.07) is 4.18. The highest BCUT2D eigenvalue weighted by Gasteiger charge is 2.51. The molecule has 2 saturated heterocycles. The number of aliphatic hydroxyl groups excluding tert-OH is 1. The van der Waals surface area contributed by atoms with Crippen molar-refractivity contribution in [1.82, 2.24) is 34.7 Å². The number of ether oxygens (including phenoxy) is 1. The number of likely N-dealkylation sites (N-methyl/N-ethyl adjacent to an activating group) is 1. The number of halogens is 3. The van der Waals surface area contributed by atoms with Crippen LogP contribution in [0.3, 0.4) is 0 Å². The van der Waals surface area contributed by atoms with Crippen LogP contribution in [0.4, 0.5) is 30.8 Å². The van der Waals surface area contributed by atoms with E-state index in [9.17, 15) is 27.9 Å². The molecule has 3 aromatic rings. The van der Waals surface area contributed by atoms with Crippen LogP contribution in [0.25, 0.3) is 11.2 Å². The van der Waals surface area contributed by atoms with E-state index in [1.165, 1.54) is 10.9 Å². The Kier molecular flexibility index (Phi) is 9.60. The van der Waals surface area contributed by atoms with Gasteiger partial charge in [-0.1, -0.05) is 13.0 Å². The monoisotopic (exact) mass is 674 g/mol. The fourth-order valence-corrected chi connectivity index (χ4v) is 6.78. The number of hydrogen-bond donors (Lipinski definition) is 3. The fraction of sp³-hybridized carbons (Fsp3) is 0.613. The first-order chi connectivity index (χ1) is 22.9. The highest BCUT2D eigenvalue weighted by atomic mass is 19.4. The number of hydrogen-bond acceptors (Lipinski definition) is 12. The van der Waals surface area contributed by atoms with E-state index >= 15 is 0 Å². The van der Waals surface area contributed by atoms with E-state index in [0.29, 0.717) is 36.0 Å². The number of piperidine rings is 1. The predicted octanol–water partition coefficient (Wildman–Crippen LogP) is 2.12. The molecule has 6 rings (SSSR count). The van der Waals surface area contributed by atoms with Gasteiger partial charge in [0.15, 0.2) is 23.1 Å². The highest BCUT2D eigenvalue weighted by molar-refractivity contribution is 5.85. The number of alkyl halides is 3. The molecule has 48 heavy (non-hydrogen) atoms. The van der Waals surface area contributed by atoms with E-state index in [1.807, 2.05) is 32.3 Å². The number of aromatic nitrogens is 5. The van der Waals surface area contributed by atoms with Crippen molar-refractivity contribution in [3.8, 4) is 0 Å². The van der Waals surface area contributed by atoms with Crippen LogP contribution >= 0.6 is 0 Å². The zero-order chi connectivity index (χ0) is 34.2. The summed E-state index contributed by atoms with van der Waals surface area (Å²) in [5, 5.41) is 17.3. The van der Waals surface area contributed by atoms with E-state index in [1.54, 1.807) is 13.1 Å². The molecule has 2 aliphatic heterocycles. The van der Waals surface area contributed by atoms with Crippen LogP contribution in [0.2, 0.25) is 0 Å². The van der Waals surface area contributed by atoms with E-state index in [4.69, 9.17) is 14.7 Å². The molecule has 1 aliphatic carbocycles. The van der Waals surface area contributed by atoms with Crippen molar-refractivity contribution in [1.29, 1.82) is 0 Å². The van der Waals surface area contributed by atoms with Gasteiger partial charge in [0.2, 0.25) is 11.9 Å². The second-order valence-electron chi connectivity index (χ2n) is 12.8. The van der Waals surface area contributed by atoms with E-state index in [0.717, 1.165) is 38.2 Å². The van der Waals surface area contributed by atoms with E-state index in [2.05, 4.69) is 35.3 Å². The number of carbonyl (C=O) groups is 2. The third-order valence-electron chi connectivity index (χ3n) is 9.52. The number of rotatable bonds is 9. The van der Waals surface area contributed by atoms with Crippen LogP contribution < -0.4 is 20.4 Å². The maximum Gasteiger partial charge on any atom is 0.490 e. The molecule has 0 bridgehead atoms. The van der Waals surface area contributed by atoms with Gasteiger partial charge in [-0.25, -0.2) is 14.8 Å². The normalized spacial score (nSPS) is 25.2. The minimum atomic E-state index is -5.27. The Bertz CT molecular complexity index is 1600. The van der Waals surface area contributed by atoms with Gasteiger partial charge < -0.3 is 39.7 Å². The van der Waals surface area contributed by atoms with Crippen molar-refractivity contribution in [3.05, 3.63) is 30.7 Å². The summed E-state index contributed by atoms with van der Waals surface area (Å²) in [7, 11) is 4.03. The summed E-state index contributed by atoms with van der Waals surface area (Å²) < 4.78 is 46.4. The Balaban J connectivity index is 1.34. The number of nitrogens with zero attached hydrogens (tertiary/aromatic N) is 8. The van der Waals surface area contributed by atoms with Crippen LogP contribution in [0.1, 0.15) is 45.1 Å². The Morgan fingerprint density at radius 2 is 1.83 bits per heavy atom. The second kappa shape index (κ2) is 13.7. The van der Waals surface area contributed by atoms with Crippen LogP contribution in [-0.2, 0) is 14.3 Å². The molecule has 1 amide bonds. The fourth-order valence-electron chi connectivity index (χ4n) is 6.78. The van der Waals surface area contributed by atoms with Crippen molar-refractivity contribution in [2.24, 2.45) is 0 Å². The van der Waals surface area contributed by atoms with Crippen molar-refractivity contribution in [3.63, 3.8) is 0 Å². The first kappa shape index (κ1) is 33.6. The van der Waals surface area contributed by atoms with Crippen LogP contribution in [0.15, 0.2) is 30.7 Å². The Labute approximate surface area is 275 Å². The number of nitrogens with one attached hydrogen (secondary N) is 2. The van der Waals surface area contributed by atoms with Gasteiger partial charge in [0.1, 0.15) is 11.9 Å². The van der Waals surface area contributed by atoms with Gasteiger partial charge in [0.25, 0.3) is 0 Å². The molecule has 1 unspecified atom stereocenters. The largest absolute Gasteiger partial charge is 0.490 e.